The summed E-state index contributed by atoms with van der Waals surface area (Å²) in [5.74, 6) is 0.622. The SMILES string of the molecule is COc1cc2c(C(C)=O)c[nH]c2nc1Br. The lowest BCUT2D eigenvalue weighted by molar-refractivity contribution is 0.101. The summed E-state index contributed by atoms with van der Waals surface area (Å²) in [7, 11) is 1.56. The van der Waals surface area contributed by atoms with E-state index in [1.165, 1.54) is 6.92 Å². The fraction of sp³-hybridized carbons (Fsp3) is 0.200. The molecule has 0 aromatic carbocycles. The van der Waals surface area contributed by atoms with Gasteiger partial charge >= 0.3 is 0 Å². The molecule has 2 rings (SSSR count). The first kappa shape index (κ1) is 10.2. The van der Waals surface area contributed by atoms with Gasteiger partial charge in [-0.3, -0.25) is 4.79 Å². The van der Waals surface area contributed by atoms with Crippen molar-refractivity contribution in [1.82, 2.24) is 9.97 Å². The van der Waals surface area contributed by atoms with Crippen LogP contribution in [0.15, 0.2) is 16.9 Å². The first-order valence-corrected chi connectivity index (χ1v) is 5.15. The zero-order chi connectivity index (χ0) is 11.0. The van der Waals surface area contributed by atoms with Crippen LogP contribution in [-0.4, -0.2) is 22.9 Å². The first-order valence-electron chi connectivity index (χ1n) is 4.36. The fourth-order valence-electron chi connectivity index (χ4n) is 1.44. The number of carbonyl (C=O) groups excluding carboxylic acids is 1. The Bertz CT molecular complexity index is 533. The third-order valence-corrected chi connectivity index (χ3v) is 2.75. The van der Waals surface area contributed by atoms with E-state index >= 15 is 0 Å². The van der Waals surface area contributed by atoms with Gasteiger partial charge in [-0.1, -0.05) is 0 Å². The van der Waals surface area contributed by atoms with E-state index in [4.69, 9.17) is 4.74 Å². The zero-order valence-corrected chi connectivity index (χ0v) is 9.88. The number of ketones is 1. The van der Waals surface area contributed by atoms with Crippen LogP contribution in [0, 0.1) is 0 Å². The molecule has 2 heterocycles. The molecule has 0 atom stereocenters. The van der Waals surface area contributed by atoms with Crippen LogP contribution in [0.25, 0.3) is 11.0 Å². The van der Waals surface area contributed by atoms with Crippen LogP contribution in [0.3, 0.4) is 0 Å². The number of nitrogens with one attached hydrogen (secondary N) is 1. The van der Waals surface area contributed by atoms with Crippen molar-refractivity contribution in [2.75, 3.05) is 7.11 Å². The number of H-pyrrole nitrogens is 1. The van der Waals surface area contributed by atoms with Crippen LogP contribution < -0.4 is 4.74 Å². The van der Waals surface area contributed by atoms with Crippen molar-refractivity contribution in [3.63, 3.8) is 0 Å². The number of hydrogen-bond acceptors (Lipinski definition) is 3. The van der Waals surface area contributed by atoms with Crippen molar-refractivity contribution in [2.24, 2.45) is 0 Å². The second kappa shape index (κ2) is 3.66. The third kappa shape index (κ3) is 1.63. The number of hydrogen-bond donors (Lipinski definition) is 1. The van der Waals surface area contributed by atoms with Gasteiger partial charge in [-0.2, -0.15) is 0 Å². The smallest absolute Gasteiger partial charge is 0.162 e. The first-order chi connectivity index (χ1) is 7.13. The lowest BCUT2D eigenvalue weighted by Crippen LogP contribution is -1.91. The number of ether oxygens (including phenoxy) is 1. The number of fused-ring (bicyclic) bond motifs is 1. The number of pyridine rings is 1. The quantitative estimate of drug-likeness (QED) is 0.673. The Morgan fingerprint density at radius 2 is 2.33 bits per heavy atom. The number of halogens is 1. The minimum Gasteiger partial charge on any atom is -0.494 e. The Balaban J connectivity index is 2.74. The number of Topliss-reactive ketones (excluding diaryl/α,β-unsaturated/α-hetero) is 1. The maximum Gasteiger partial charge on any atom is 0.162 e. The molecule has 0 bridgehead atoms. The summed E-state index contributed by atoms with van der Waals surface area (Å²) < 4.78 is 5.74. The summed E-state index contributed by atoms with van der Waals surface area (Å²) in [5, 5.41) is 0.780. The van der Waals surface area contributed by atoms with E-state index in [-0.39, 0.29) is 5.78 Å². The molecule has 0 fully saturated rings. The summed E-state index contributed by atoms with van der Waals surface area (Å²) in [5.41, 5.74) is 1.30. The lowest BCUT2D eigenvalue weighted by Gasteiger charge is -2.02. The molecule has 0 unspecified atom stereocenters. The predicted octanol–water partition coefficient (Wildman–Crippen LogP) is 2.54. The van der Waals surface area contributed by atoms with Crippen LogP contribution in [0.1, 0.15) is 17.3 Å². The van der Waals surface area contributed by atoms with Crippen molar-refractivity contribution in [1.29, 1.82) is 0 Å². The van der Waals surface area contributed by atoms with E-state index in [0.717, 1.165) is 5.39 Å². The molecular formula is C10H9BrN2O2. The minimum atomic E-state index is 0.00688. The summed E-state index contributed by atoms with van der Waals surface area (Å²) >= 11 is 3.28. The molecule has 1 N–H and O–H groups in total. The van der Waals surface area contributed by atoms with Crippen molar-refractivity contribution < 1.29 is 9.53 Å². The van der Waals surface area contributed by atoms with Crippen molar-refractivity contribution in [3.05, 3.63) is 22.4 Å². The summed E-state index contributed by atoms with van der Waals surface area (Å²) in [6.45, 7) is 1.52. The molecule has 0 amide bonds. The number of aromatic nitrogens is 2. The average Bonchev–Trinajstić information content (AvgIpc) is 2.59. The third-order valence-electron chi connectivity index (χ3n) is 2.19. The largest absolute Gasteiger partial charge is 0.494 e. The highest BCUT2D eigenvalue weighted by Crippen LogP contribution is 2.28. The highest BCUT2D eigenvalue weighted by Gasteiger charge is 2.12. The van der Waals surface area contributed by atoms with Crippen LogP contribution >= 0.6 is 15.9 Å². The number of methoxy groups -OCH3 is 1. The Morgan fingerprint density at radius 3 is 2.93 bits per heavy atom. The Kier molecular flexibility index (Phi) is 2.48. The molecule has 78 valence electrons. The molecule has 2 aromatic rings. The van der Waals surface area contributed by atoms with E-state index in [1.54, 1.807) is 19.4 Å². The Labute approximate surface area is 94.8 Å². The lowest BCUT2D eigenvalue weighted by atomic mass is 10.1. The molecular weight excluding hydrogens is 260 g/mol. The van der Waals surface area contributed by atoms with Crippen LogP contribution in [0.2, 0.25) is 0 Å². The molecule has 4 nitrogen and oxygen atoms in total. The van der Waals surface area contributed by atoms with Gasteiger partial charge in [0.25, 0.3) is 0 Å². The van der Waals surface area contributed by atoms with Gasteiger partial charge in [0.15, 0.2) is 11.5 Å². The maximum absolute atomic E-state index is 11.3. The second-order valence-corrected chi connectivity index (χ2v) is 3.89. The summed E-state index contributed by atoms with van der Waals surface area (Å²) in [4.78, 5) is 18.5. The molecule has 0 saturated carbocycles. The van der Waals surface area contributed by atoms with E-state index in [1.807, 2.05) is 0 Å². The van der Waals surface area contributed by atoms with Gasteiger partial charge in [0, 0.05) is 17.1 Å². The van der Waals surface area contributed by atoms with Gasteiger partial charge in [0.2, 0.25) is 0 Å². The number of carbonyl (C=O) groups is 1. The van der Waals surface area contributed by atoms with Crippen LogP contribution in [0.4, 0.5) is 0 Å². The molecule has 0 saturated heterocycles. The number of nitrogens with zero attached hydrogens (tertiary/aromatic N) is 1. The highest BCUT2D eigenvalue weighted by molar-refractivity contribution is 9.10. The molecule has 0 spiro atoms. The summed E-state index contributed by atoms with van der Waals surface area (Å²) in [6.07, 6.45) is 1.66. The predicted molar refractivity (Wildman–Crippen MR) is 60.4 cm³/mol. The number of aromatic amines is 1. The van der Waals surface area contributed by atoms with Gasteiger partial charge in [0.1, 0.15) is 10.3 Å². The van der Waals surface area contributed by atoms with Gasteiger partial charge in [-0.25, -0.2) is 4.98 Å². The van der Waals surface area contributed by atoms with Crippen molar-refractivity contribution in [2.45, 2.75) is 6.92 Å². The monoisotopic (exact) mass is 268 g/mol. The van der Waals surface area contributed by atoms with E-state index in [2.05, 4.69) is 25.9 Å². The minimum absolute atomic E-state index is 0.00688. The molecule has 5 heteroatoms. The molecule has 0 aliphatic heterocycles. The Morgan fingerprint density at radius 1 is 1.60 bits per heavy atom. The van der Waals surface area contributed by atoms with E-state index < -0.39 is 0 Å². The van der Waals surface area contributed by atoms with Crippen LogP contribution in [0.5, 0.6) is 5.75 Å². The van der Waals surface area contributed by atoms with Gasteiger partial charge in [-0.05, 0) is 28.9 Å². The topological polar surface area (TPSA) is 55.0 Å². The standard InChI is InChI=1S/C10H9BrN2O2/c1-5(14)7-4-12-10-6(7)3-8(15-2)9(11)13-10/h3-4H,1-2H3,(H,12,13). The molecule has 0 radical (unpaired) electrons. The number of rotatable bonds is 2. The summed E-state index contributed by atoms with van der Waals surface area (Å²) in [6, 6.07) is 1.79. The molecule has 0 aliphatic carbocycles. The fourth-order valence-corrected chi connectivity index (χ4v) is 1.89. The average molecular weight is 269 g/mol. The van der Waals surface area contributed by atoms with Gasteiger partial charge in [0.05, 0.1) is 7.11 Å². The van der Waals surface area contributed by atoms with Crippen molar-refractivity contribution >= 4 is 32.7 Å². The van der Waals surface area contributed by atoms with E-state index in [9.17, 15) is 4.79 Å². The zero-order valence-electron chi connectivity index (χ0n) is 8.30. The van der Waals surface area contributed by atoms with Crippen LogP contribution in [-0.2, 0) is 0 Å². The van der Waals surface area contributed by atoms with Gasteiger partial charge < -0.3 is 9.72 Å². The molecule has 0 aliphatic rings. The molecule has 15 heavy (non-hydrogen) atoms. The van der Waals surface area contributed by atoms with Gasteiger partial charge in [-0.15, -0.1) is 0 Å². The molecule has 2 aromatic heterocycles. The van der Waals surface area contributed by atoms with E-state index in [0.29, 0.717) is 21.6 Å². The highest BCUT2D eigenvalue weighted by atomic mass is 79.9. The second-order valence-electron chi connectivity index (χ2n) is 3.14. The Hall–Kier alpha value is -1.36. The maximum atomic E-state index is 11.3. The normalized spacial score (nSPS) is 10.6. The van der Waals surface area contributed by atoms with Crippen molar-refractivity contribution in [3.8, 4) is 5.75 Å².